The highest BCUT2D eigenvalue weighted by molar-refractivity contribution is 5.90. The molecule has 74 valence electrons. The Morgan fingerprint density at radius 1 is 1.31 bits per heavy atom. The predicted molar refractivity (Wildman–Crippen MR) is 47.0 cm³/mol. The summed E-state index contributed by atoms with van der Waals surface area (Å²) in [6, 6.07) is 0. The molecule has 0 N–H and O–H groups in total. The zero-order chi connectivity index (χ0) is 9.84. The van der Waals surface area contributed by atoms with Gasteiger partial charge < -0.3 is 4.74 Å². The van der Waals surface area contributed by atoms with Gasteiger partial charge in [-0.2, -0.15) is 0 Å². The Bertz CT molecular complexity index is 197. The van der Waals surface area contributed by atoms with Crippen molar-refractivity contribution in [2.45, 2.75) is 20.3 Å². The summed E-state index contributed by atoms with van der Waals surface area (Å²) >= 11 is 0. The summed E-state index contributed by atoms with van der Waals surface area (Å²) in [5.41, 5.74) is 0. The van der Waals surface area contributed by atoms with Gasteiger partial charge in [0.25, 0.3) is 0 Å². The number of morpholine rings is 1. The second-order valence-corrected chi connectivity index (χ2v) is 3.74. The van der Waals surface area contributed by atoms with Crippen molar-refractivity contribution in [3.8, 4) is 0 Å². The quantitative estimate of drug-likeness (QED) is 0.472. The standard InChI is InChI=1S/C9H15NO3/c1-7(2)3-4-10-5-8(11)13-9(12)6-10/h7H,3-6H2,1-2H3. The average Bonchev–Trinajstić information content (AvgIpc) is 1.99. The zero-order valence-corrected chi connectivity index (χ0v) is 8.08. The molecule has 13 heavy (non-hydrogen) atoms. The molecular weight excluding hydrogens is 170 g/mol. The Hall–Kier alpha value is -0.900. The lowest BCUT2D eigenvalue weighted by Crippen LogP contribution is -2.43. The number of carbonyl (C=O) groups excluding carboxylic acids is 2. The van der Waals surface area contributed by atoms with E-state index in [9.17, 15) is 9.59 Å². The van der Waals surface area contributed by atoms with E-state index in [1.54, 1.807) is 0 Å². The van der Waals surface area contributed by atoms with Gasteiger partial charge in [-0.25, -0.2) is 0 Å². The van der Waals surface area contributed by atoms with Gasteiger partial charge >= 0.3 is 11.9 Å². The van der Waals surface area contributed by atoms with Crippen LogP contribution in [0.1, 0.15) is 20.3 Å². The maximum atomic E-state index is 10.8. The second-order valence-electron chi connectivity index (χ2n) is 3.74. The molecule has 0 aromatic carbocycles. The molecule has 0 aromatic heterocycles. The summed E-state index contributed by atoms with van der Waals surface area (Å²) in [6.07, 6.45) is 1.00. The Kier molecular flexibility index (Phi) is 3.42. The van der Waals surface area contributed by atoms with Crippen LogP contribution in [-0.4, -0.2) is 36.5 Å². The smallest absolute Gasteiger partial charge is 0.327 e. The van der Waals surface area contributed by atoms with Gasteiger partial charge in [0.15, 0.2) is 0 Å². The third-order valence-corrected chi connectivity index (χ3v) is 1.96. The minimum Gasteiger partial charge on any atom is -0.391 e. The molecule has 4 nitrogen and oxygen atoms in total. The zero-order valence-electron chi connectivity index (χ0n) is 8.08. The summed E-state index contributed by atoms with van der Waals surface area (Å²) in [5.74, 6) is -0.270. The molecule has 1 saturated heterocycles. The van der Waals surface area contributed by atoms with Crippen LogP contribution in [0.5, 0.6) is 0 Å². The first-order chi connectivity index (χ1) is 6.08. The molecule has 1 fully saturated rings. The Balaban J connectivity index is 2.33. The minimum atomic E-state index is -0.431. The minimum absolute atomic E-state index is 0.248. The largest absolute Gasteiger partial charge is 0.391 e. The fraction of sp³-hybridized carbons (Fsp3) is 0.778. The van der Waals surface area contributed by atoms with E-state index in [-0.39, 0.29) is 13.1 Å². The Morgan fingerprint density at radius 2 is 1.85 bits per heavy atom. The van der Waals surface area contributed by atoms with E-state index >= 15 is 0 Å². The van der Waals surface area contributed by atoms with E-state index in [0.717, 1.165) is 13.0 Å². The average molecular weight is 185 g/mol. The summed E-state index contributed by atoms with van der Waals surface area (Å²) in [5, 5.41) is 0. The van der Waals surface area contributed by atoms with Gasteiger partial charge in [-0.15, -0.1) is 0 Å². The van der Waals surface area contributed by atoms with Gasteiger partial charge in [-0.05, 0) is 18.9 Å². The first kappa shape index (κ1) is 10.2. The maximum absolute atomic E-state index is 10.8. The number of esters is 2. The highest BCUT2D eigenvalue weighted by atomic mass is 16.6. The van der Waals surface area contributed by atoms with Crippen molar-refractivity contribution >= 4 is 11.9 Å². The van der Waals surface area contributed by atoms with E-state index in [1.807, 2.05) is 4.90 Å². The van der Waals surface area contributed by atoms with Crippen molar-refractivity contribution in [3.05, 3.63) is 0 Å². The molecule has 1 heterocycles. The predicted octanol–water partition coefficient (Wildman–Crippen LogP) is 0.418. The normalized spacial score (nSPS) is 19.3. The summed E-state index contributed by atoms with van der Waals surface area (Å²) in [4.78, 5) is 23.5. The summed E-state index contributed by atoms with van der Waals surface area (Å²) < 4.78 is 4.40. The van der Waals surface area contributed by atoms with Crippen LogP contribution in [0.4, 0.5) is 0 Å². The molecule has 1 rings (SSSR count). The number of cyclic esters (lactones) is 2. The van der Waals surface area contributed by atoms with Crippen molar-refractivity contribution in [1.29, 1.82) is 0 Å². The lowest BCUT2D eigenvalue weighted by Gasteiger charge is -2.24. The fourth-order valence-corrected chi connectivity index (χ4v) is 1.21. The third-order valence-electron chi connectivity index (χ3n) is 1.96. The molecule has 0 unspecified atom stereocenters. The van der Waals surface area contributed by atoms with Crippen LogP contribution in [0.15, 0.2) is 0 Å². The van der Waals surface area contributed by atoms with Gasteiger partial charge in [-0.3, -0.25) is 14.5 Å². The van der Waals surface area contributed by atoms with E-state index in [4.69, 9.17) is 0 Å². The molecular formula is C9H15NO3. The van der Waals surface area contributed by atoms with Crippen molar-refractivity contribution < 1.29 is 14.3 Å². The molecule has 0 aliphatic carbocycles. The first-order valence-corrected chi connectivity index (χ1v) is 4.54. The number of rotatable bonds is 3. The highest BCUT2D eigenvalue weighted by Crippen LogP contribution is 2.05. The molecule has 0 aromatic rings. The van der Waals surface area contributed by atoms with Crippen LogP contribution < -0.4 is 0 Å². The SMILES string of the molecule is CC(C)CCN1CC(=O)OC(=O)C1. The molecule has 1 aliphatic heterocycles. The van der Waals surface area contributed by atoms with Crippen LogP contribution in [0.25, 0.3) is 0 Å². The topological polar surface area (TPSA) is 46.6 Å². The van der Waals surface area contributed by atoms with Crippen LogP contribution in [0.3, 0.4) is 0 Å². The van der Waals surface area contributed by atoms with Gasteiger partial charge in [-0.1, -0.05) is 13.8 Å². The van der Waals surface area contributed by atoms with Gasteiger partial charge in [0, 0.05) is 0 Å². The molecule has 0 saturated carbocycles. The number of ether oxygens (including phenoxy) is 1. The summed E-state index contributed by atoms with van der Waals surface area (Å²) in [6.45, 7) is 5.52. The highest BCUT2D eigenvalue weighted by Gasteiger charge is 2.24. The lowest BCUT2D eigenvalue weighted by molar-refractivity contribution is -0.166. The van der Waals surface area contributed by atoms with Crippen LogP contribution in [-0.2, 0) is 14.3 Å². The van der Waals surface area contributed by atoms with Gasteiger partial charge in [0.05, 0.1) is 13.1 Å². The van der Waals surface area contributed by atoms with Crippen molar-refractivity contribution in [2.24, 2.45) is 5.92 Å². The van der Waals surface area contributed by atoms with Gasteiger partial charge in [0.1, 0.15) is 0 Å². The van der Waals surface area contributed by atoms with E-state index in [2.05, 4.69) is 18.6 Å². The fourth-order valence-electron chi connectivity index (χ4n) is 1.21. The monoisotopic (exact) mass is 185 g/mol. The summed E-state index contributed by atoms with van der Waals surface area (Å²) in [7, 11) is 0. The Labute approximate surface area is 77.8 Å². The molecule has 0 atom stereocenters. The number of hydrogen-bond donors (Lipinski definition) is 0. The molecule has 1 aliphatic rings. The molecule has 0 bridgehead atoms. The van der Waals surface area contributed by atoms with E-state index < -0.39 is 11.9 Å². The lowest BCUT2D eigenvalue weighted by atomic mass is 10.1. The molecule has 0 radical (unpaired) electrons. The van der Waals surface area contributed by atoms with Crippen LogP contribution in [0, 0.1) is 5.92 Å². The van der Waals surface area contributed by atoms with Crippen LogP contribution >= 0.6 is 0 Å². The van der Waals surface area contributed by atoms with Crippen molar-refractivity contribution in [1.82, 2.24) is 4.90 Å². The second kappa shape index (κ2) is 4.37. The molecule has 4 heteroatoms. The van der Waals surface area contributed by atoms with Gasteiger partial charge in [0.2, 0.25) is 0 Å². The van der Waals surface area contributed by atoms with Crippen LogP contribution in [0.2, 0.25) is 0 Å². The third kappa shape index (κ3) is 3.55. The number of nitrogens with zero attached hydrogens (tertiary/aromatic N) is 1. The van der Waals surface area contributed by atoms with Crippen molar-refractivity contribution in [3.63, 3.8) is 0 Å². The van der Waals surface area contributed by atoms with E-state index in [1.165, 1.54) is 0 Å². The maximum Gasteiger partial charge on any atom is 0.327 e. The molecule has 0 amide bonds. The molecule has 0 spiro atoms. The number of carbonyl (C=O) groups is 2. The number of hydrogen-bond acceptors (Lipinski definition) is 4. The van der Waals surface area contributed by atoms with E-state index in [0.29, 0.717) is 5.92 Å². The van der Waals surface area contributed by atoms with Crippen molar-refractivity contribution in [2.75, 3.05) is 19.6 Å². The Morgan fingerprint density at radius 3 is 2.31 bits per heavy atom. The first-order valence-electron chi connectivity index (χ1n) is 4.54.